The highest BCUT2D eigenvalue weighted by atomic mass is 16.6. The number of hydrogen-bond donors (Lipinski definition) is 1. The summed E-state index contributed by atoms with van der Waals surface area (Å²) < 4.78 is 16.5. The molecular weight excluding hydrogens is 428 g/mol. The molecule has 2 rings (SSSR count). The molecule has 5 heteroatoms. The van der Waals surface area contributed by atoms with Crippen LogP contribution >= 0.6 is 0 Å². The lowest BCUT2D eigenvalue weighted by Crippen LogP contribution is -2.16. The second-order valence-corrected chi connectivity index (χ2v) is 10.3. The number of methoxy groups -OCH3 is 2. The molecule has 3 atom stereocenters. The van der Waals surface area contributed by atoms with Gasteiger partial charge in [0.25, 0.3) is 0 Å². The summed E-state index contributed by atoms with van der Waals surface area (Å²) in [7, 11) is 3.35. The summed E-state index contributed by atoms with van der Waals surface area (Å²) >= 11 is 0. The Morgan fingerprint density at radius 2 is 1.88 bits per heavy atom. The van der Waals surface area contributed by atoms with Crippen LogP contribution in [0.25, 0.3) is 0 Å². The summed E-state index contributed by atoms with van der Waals surface area (Å²) in [5.74, 6) is 2.04. The quantitative estimate of drug-likeness (QED) is 0.260. The van der Waals surface area contributed by atoms with Crippen LogP contribution in [0.5, 0.6) is 11.5 Å². The lowest BCUT2D eigenvalue weighted by atomic mass is 9.93. The van der Waals surface area contributed by atoms with E-state index in [4.69, 9.17) is 14.2 Å². The van der Waals surface area contributed by atoms with Crippen molar-refractivity contribution in [3.63, 3.8) is 0 Å². The van der Waals surface area contributed by atoms with E-state index in [0.29, 0.717) is 18.6 Å². The Hall–Kier alpha value is -2.11. The monoisotopic (exact) mass is 472 g/mol. The molecule has 0 radical (unpaired) electrons. The van der Waals surface area contributed by atoms with Crippen molar-refractivity contribution in [2.24, 2.45) is 5.92 Å². The number of rotatable bonds is 14. The highest BCUT2D eigenvalue weighted by Gasteiger charge is 2.48. The van der Waals surface area contributed by atoms with Gasteiger partial charge in [-0.1, -0.05) is 30.2 Å². The molecule has 0 unspecified atom stereocenters. The van der Waals surface area contributed by atoms with Crippen LogP contribution in [-0.2, 0) is 16.0 Å². The third-order valence-electron chi connectivity index (χ3n) is 6.75. The minimum absolute atomic E-state index is 0.0557. The number of ether oxygens (including phenoxy) is 3. The molecule has 1 saturated heterocycles. The molecule has 0 spiro atoms. The van der Waals surface area contributed by atoms with Crippen LogP contribution in [-0.4, -0.2) is 42.9 Å². The number of ketones is 1. The van der Waals surface area contributed by atoms with Gasteiger partial charge in [0.05, 0.1) is 32.0 Å². The number of hydrogen-bond acceptors (Lipinski definition) is 5. The second-order valence-electron chi connectivity index (χ2n) is 10.3. The fourth-order valence-corrected chi connectivity index (χ4v) is 4.39. The lowest BCUT2D eigenvalue weighted by Gasteiger charge is -2.13. The smallest absolute Gasteiger partial charge is 0.138 e. The van der Waals surface area contributed by atoms with Gasteiger partial charge in [-0.05, 0) is 84.4 Å². The van der Waals surface area contributed by atoms with E-state index in [1.54, 1.807) is 14.2 Å². The number of aliphatic hydroxyl groups excluding tert-OH is 1. The van der Waals surface area contributed by atoms with Gasteiger partial charge in [0.1, 0.15) is 17.3 Å². The first-order valence-electron chi connectivity index (χ1n) is 12.4. The fourth-order valence-electron chi connectivity index (χ4n) is 4.39. The minimum atomic E-state index is -0.515. The number of epoxide rings is 1. The zero-order valence-electron chi connectivity index (χ0n) is 22.4. The van der Waals surface area contributed by atoms with Crippen molar-refractivity contribution < 1.29 is 24.1 Å². The van der Waals surface area contributed by atoms with Crippen LogP contribution in [0.2, 0.25) is 0 Å². The summed E-state index contributed by atoms with van der Waals surface area (Å²) in [6, 6.07) is 3.97. The summed E-state index contributed by atoms with van der Waals surface area (Å²) in [4.78, 5) is 12.4. The van der Waals surface area contributed by atoms with E-state index in [2.05, 4.69) is 13.0 Å². The van der Waals surface area contributed by atoms with Crippen molar-refractivity contribution in [3.8, 4) is 11.5 Å². The molecule has 1 aromatic rings. The zero-order chi connectivity index (χ0) is 25.5. The SMILES string of the molecule is COc1cc(C)c(OC)c(C/C=C(\C)C[C@@H](O)/C=C(\C)CCC[C@@H](C)C(=O)C[C@@H]2OC2(C)C)c1. The summed E-state index contributed by atoms with van der Waals surface area (Å²) in [6.45, 7) is 12.2. The van der Waals surface area contributed by atoms with Crippen molar-refractivity contribution in [3.05, 3.63) is 46.6 Å². The van der Waals surface area contributed by atoms with Gasteiger partial charge >= 0.3 is 0 Å². The molecular formula is C29H44O5. The highest BCUT2D eigenvalue weighted by molar-refractivity contribution is 5.81. The van der Waals surface area contributed by atoms with Gasteiger partial charge in [-0.15, -0.1) is 0 Å². The van der Waals surface area contributed by atoms with Gasteiger partial charge in [-0.25, -0.2) is 0 Å². The molecule has 0 saturated carbocycles. The van der Waals surface area contributed by atoms with Gasteiger partial charge in [0, 0.05) is 17.9 Å². The maximum Gasteiger partial charge on any atom is 0.138 e. The molecule has 1 aromatic carbocycles. The average molecular weight is 473 g/mol. The molecule has 1 heterocycles. The first-order chi connectivity index (χ1) is 16.0. The number of Topliss-reactive ketones (excluding diaryl/α,β-unsaturated/α-hetero) is 1. The first-order valence-corrected chi connectivity index (χ1v) is 12.4. The topological polar surface area (TPSA) is 68.3 Å². The normalized spacial score (nSPS) is 19.5. The Morgan fingerprint density at radius 1 is 1.21 bits per heavy atom. The first kappa shape index (κ1) is 28.1. The van der Waals surface area contributed by atoms with Gasteiger partial charge in [0.2, 0.25) is 0 Å². The molecule has 5 nitrogen and oxygen atoms in total. The predicted octanol–water partition coefficient (Wildman–Crippen LogP) is 6.14. The Kier molecular flexibility index (Phi) is 10.4. The van der Waals surface area contributed by atoms with Crippen LogP contribution in [0.1, 0.15) is 77.8 Å². The van der Waals surface area contributed by atoms with Crippen molar-refractivity contribution in [1.82, 2.24) is 0 Å². The maximum atomic E-state index is 12.4. The molecule has 1 aliphatic rings. The average Bonchev–Trinajstić information content (AvgIpc) is 3.36. The fraction of sp³-hybridized carbons (Fsp3) is 0.621. The molecule has 34 heavy (non-hydrogen) atoms. The largest absolute Gasteiger partial charge is 0.497 e. The van der Waals surface area contributed by atoms with Crippen LogP contribution in [0, 0.1) is 12.8 Å². The number of benzene rings is 1. The molecule has 0 aliphatic carbocycles. The van der Waals surface area contributed by atoms with Gasteiger partial charge in [-0.3, -0.25) is 4.79 Å². The van der Waals surface area contributed by atoms with E-state index >= 15 is 0 Å². The minimum Gasteiger partial charge on any atom is -0.497 e. The molecule has 0 amide bonds. The number of carbonyl (C=O) groups is 1. The van der Waals surface area contributed by atoms with Crippen molar-refractivity contribution in [2.45, 2.75) is 97.9 Å². The van der Waals surface area contributed by atoms with Crippen LogP contribution in [0.15, 0.2) is 35.4 Å². The Balaban J connectivity index is 1.79. The summed E-state index contributed by atoms with van der Waals surface area (Å²) in [5, 5.41) is 10.5. The standard InChI is InChI=1S/C29H44O5/c1-19(10-9-11-21(3)26(31)18-27-29(5,6)34-27)14-24(30)15-20(2)12-13-23-17-25(32-7)16-22(4)28(23)33-8/h12,14,16-17,21,24,27,30H,9-11,13,15,18H2,1-8H3/b19-14+,20-12+/t21-,24+,27+/m1/s1. The second kappa shape index (κ2) is 12.6. The third kappa shape index (κ3) is 8.59. The molecule has 1 N–H and O–H groups in total. The molecule has 0 bridgehead atoms. The van der Waals surface area contributed by atoms with Gasteiger partial charge < -0.3 is 19.3 Å². The van der Waals surface area contributed by atoms with Gasteiger partial charge in [-0.2, -0.15) is 0 Å². The van der Waals surface area contributed by atoms with Crippen LogP contribution < -0.4 is 9.47 Å². The van der Waals surface area contributed by atoms with E-state index in [-0.39, 0.29) is 17.6 Å². The predicted molar refractivity (Wildman–Crippen MR) is 138 cm³/mol. The number of aliphatic hydroxyl groups is 1. The van der Waals surface area contributed by atoms with Crippen molar-refractivity contribution >= 4 is 5.78 Å². The van der Waals surface area contributed by atoms with E-state index in [1.165, 1.54) is 0 Å². The number of aryl methyl sites for hydroxylation is 1. The lowest BCUT2D eigenvalue weighted by molar-refractivity contribution is -0.122. The third-order valence-corrected chi connectivity index (χ3v) is 6.75. The summed E-state index contributed by atoms with van der Waals surface area (Å²) in [5.41, 5.74) is 4.28. The van der Waals surface area contributed by atoms with Crippen LogP contribution in [0.3, 0.4) is 0 Å². The Labute approximate surface area is 206 Å². The zero-order valence-corrected chi connectivity index (χ0v) is 22.4. The summed E-state index contributed by atoms with van der Waals surface area (Å²) in [6.07, 6.45) is 8.20. The molecule has 190 valence electrons. The van der Waals surface area contributed by atoms with Gasteiger partial charge in [0.15, 0.2) is 0 Å². The van der Waals surface area contributed by atoms with E-state index in [1.807, 2.05) is 52.8 Å². The van der Waals surface area contributed by atoms with E-state index in [0.717, 1.165) is 59.5 Å². The van der Waals surface area contributed by atoms with E-state index < -0.39 is 6.10 Å². The highest BCUT2D eigenvalue weighted by Crippen LogP contribution is 2.38. The Bertz CT molecular complexity index is 896. The number of carbonyl (C=O) groups excluding carboxylic acids is 1. The van der Waals surface area contributed by atoms with Crippen LogP contribution in [0.4, 0.5) is 0 Å². The van der Waals surface area contributed by atoms with Crippen molar-refractivity contribution in [2.75, 3.05) is 14.2 Å². The Morgan fingerprint density at radius 3 is 2.47 bits per heavy atom. The number of allylic oxidation sites excluding steroid dienone is 2. The molecule has 1 aliphatic heterocycles. The molecule has 1 fully saturated rings. The molecule has 0 aromatic heterocycles. The van der Waals surface area contributed by atoms with Crippen molar-refractivity contribution in [1.29, 1.82) is 0 Å². The van der Waals surface area contributed by atoms with E-state index in [9.17, 15) is 9.90 Å². The maximum absolute atomic E-state index is 12.4.